The zero-order chi connectivity index (χ0) is 123. The number of alkyl halides is 3. The molecule has 0 aliphatic heterocycles. The number of para-hydroxylation sites is 2. The van der Waals surface area contributed by atoms with Crippen LogP contribution in [-0.4, -0.2) is 17.9 Å². The standard InChI is InChI=1S/C9H11NO.C8H10.C7H5F3.C7H7F.C7H8O.C7H8.C6H5Br.C6H5Cl.3C6H4F2.C6H5F.C6H5NO2.22C2H6/c1-6-3-4-7(2)8(5-6)9(10)11;1-7-3-5-8(2)6-4-7;8-7(9,10)6-4-2-1-3-5-6;1-6-3-2-4-7(8)5-6;1-8-7-5-3-2-4-6-7;1-7-5-3-2-4-6-7;2*7-6-4-2-1-3-5-6;7-5-1-2-6(8)4-3-5;7-5-2-1-3-6(8)4-5;7-5-3-1-2-4-6(5)8;7-6-4-2-1-3-5-6;8-7(9)6-4-2-1-3-5-6;22*1-2/h3-5H,1-2H3,(H2,10,11);3-6H,1-2H3;1-5H;2-5H,1H3;2-6H,1H3;2-6H,1H3;2*1-5H;3*1-4H;1-5H;1-5H;22*1-2H3. The number of hydrogen-bond acceptors (Lipinski definition) is 4. The average molecular weight is 2200 g/mol. The number of halogens is 13. The van der Waals surface area contributed by atoms with E-state index in [9.17, 15) is 63.2 Å². The summed E-state index contributed by atoms with van der Waals surface area (Å²) in [6.45, 7) is 100.0. The highest BCUT2D eigenvalue weighted by Crippen LogP contribution is 2.28. The molecule has 13 aromatic carbocycles. The van der Waals surface area contributed by atoms with Gasteiger partial charge in [-0.3, -0.25) is 14.9 Å². The van der Waals surface area contributed by atoms with Crippen molar-refractivity contribution < 1.29 is 62.7 Å². The quantitative estimate of drug-likeness (QED) is 0.108. The lowest BCUT2D eigenvalue weighted by Gasteiger charge is -2.03. The fraction of sp³-hybridized carbons (Fsp3) is 0.397. The van der Waals surface area contributed by atoms with E-state index in [1.54, 1.807) is 61.7 Å². The molecular formula is C131H213BrClF11N2O4. The highest BCUT2D eigenvalue weighted by Gasteiger charge is 2.29. The summed E-state index contributed by atoms with van der Waals surface area (Å²) in [6, 6.07) is 96.1. The Hall–Kier alpha value is -11.5. The van der Waals surface area contributed by atoms with Crippen LogP contribution in [0, 0.1) is 98.2 Å². The van der Waals surface area contributed by atoms with Gasteiger partial charge >= 0.3 is 6.18 Å². The van der Waals surface area contributed by atoms with Crippen molar-refractivity contribution in [1.29, 1.82) is 0 Å². The number of aryl methyl sites for hydroxylation is 6. The number of hydrogen-bond donors (Lipinski definition) is 1. The predicted molar refractivity (Wildman–Crippen MR) is 661 cm³/mol. The van der Waals surface area contributed by atoms with Gasteiger partial charge in [0.1, 0.15) is 40.7 Å². The second-order valence-corrected chi connectivity index (χ2v) is 22.8. The van der Waals surface area contributed by atoms with Crippen molar-refractivity contribution >= 4 is 39.1 Å². The molecule has 0 saturated carbocycles. The van der Waals surface area contributed by atoms with Gasteiger partial charge in [-0.15, -0.1) is 0 Å². The van der Waals surface area contributed by atoms with Crippen LogP contribution in [0.1, 0.15) is 354 Å². The summed E-state index contributed by atoms with van der Waals surface area (Å²) in [5.74, 6) is -3.28. The van der Waals surface area contributed by atoms with Crippen molar-refractivity contribution in [2.45, 2.75) is 352 Å². The van der Waals surface area contributed by atoms with Crippen LogP contribution in [0.3, 0.4) is 0 Å². The van der Waals surface area contributed by atoms with Gasteiger partial charge in [0.2, 0.25) is 5.91 Å². The topological polar surface area (TPSA) is 95.5 Å². The summed E-state index contributed by atoms with van der Waals surface area (Å²) in [6.07, 6.45) is -4.21. The van der Waals surface area contributed by atoms with Crippen molar-refractivity contribution in [3.05, 3.63) is 463 Å². The zero-order valence-corrected chi connectivity index (χ0v) is 105. The van der Waals surface area contributed by atoms with Gasteiger partial charge in [0.15, 0.2) is 11.6 Å². The molecule has 13 rings (SSSR count). The molecule has 0 heterocycles. The van der Waals surface area contributed by atoms with E-state index in [4.69, 9.17) is 22.1 Å². The van der Waals surface area contributed by atoms with Gasteiger partial charge < -0.3 is 10.5 Å². The van der Waals surface area contributed by atoms with E-state index in [1.165, 1.54) is 95.6 Å². The van der Waals surface area contributed by atoms with Crippen molar-refractivity contribution in [3.8, 4) is 5.75 Å². The Morgan fingerprint density at radius 3 is 0.667 bits per heavy atom. The largest absolute Gasteiger partial charge is 0.497 e. The molecule has 0 saturated heterocycles. The third-order valence-electron chi connectivity index (χ3n) is 12.5. The first-order valence-corrected chi connectivity index (χ1v) is 55.0. The van der Waals surface area contributed by atoms with E-state index >= 15 is 0 Å². The molecule has 0 aliphatic rings. The lowest BCUT2D eigenvalue weighted by atomic mass is 10.1. The smallest absolute Gasteiger partial charge is 0.416 e. The van der Waals surface area contributed by atoms with Crippen molar-refractivity contribution in [3.63, 3.8) is 0 Å². The fourth-order valence-electron chi connectivity index (χ4n) is 7.08. The van der Waals surface area contributed by atoms with Crippen molar-refractivity contribution in [1.82, 2.24) is 0 Å². The number of ether oxygens (including phenoxy) is 1. The molecule has 0 aromatic heterocycles. The molecule has 862 valence electrons. The number of nitrogens with two attached hydrogens (primary N) is 1. The van der Waals surface area contributed by atoms with E-state index < -0.39 is 51.6 Å². The molecule has 0 atom stereocenters. The molecule has 0 bridgehead atoms. The Balaban J connectivity index is -0.0000000574. The maximum Gasteiger partial charge on any atom is 0.416 e. The van der Waals surface area contributed by atoms with Crippen molar-refractivity contribution in [2.24, 2.45) is 5.73 Å². The van der Waals surface area contributed by atoms with E-state index in [2.05, 4.69) is 73.1 Å². The number of nitro benzene ring substituents is 1. The third-order valence-corrected chi connectivity index (χ3v) is 13.2. The number of carbonyl (C=O) groups is 1. The normalized spacial score (nSPS) is 7.44. The van der Waals surface area contributed by atoms with Gasteiger partial charge in [0.05, 0.1) is 17.6 Å². The molecule has 150 heavy (non-hydrogen) atoms. The van der Waals surface area contributed by atoms with Gasteiger partial charge in [-0.2, -0.15) is 13.2 Å². The van der Waals surface area contributed by atoms with Crippen LogP contribution in [0.15, 0.2) is 356 Å². The lowest BCUT2D eigenvalue weighted by molar-refractivity contribution is -0.384. The van der Waals surface area contributed by atoms with Crippen LogP contribution < -0.4 is 10.5 Å². The second-order valence-electron chi connectivity index (χ2n) is 21.4. The van der Waals surface area contributed by atoms with Gasteiger partial charge in [-0.05, 0) is 168 Å². The van der Waals surface area contributed by atoms with E-state index in [0.717, 1.165) is 86.5 Å². The Labute approximate surface area is 929 Å². The van der Waals surface area contributed by atoms with Crippen LogP contribution >= 0.6 is 27.5 Å². The zero-order valence-electron chi connectivity index (χ0n) is 103. The summed E-state index contributed by atoms with van der Waals surface area (Å²) in [5.41, 5.74) is 12.2. The molecule has 2 N–H and O–H groups in total. The predicted octanol–water partition coefficient (Wildman–Crippen LogP) is 48.9. The van der Waals surface area contributed by atoms with E-state index in [0.29, 0.717) is 5.56 Å². The molecule has 0 unspecified atom stereocenters. The molecule has 19 heteroatoms. The van der Waals surface area contributed by atoms with Crippen LogP contribution in [-0.2, 0) is 6.18 Å². The van der Waals surface area contributed by atoms with Crippen molar-refractivity contribution in [2.75, 3.05) is 7.11 Å². The Morgan fingerprint density at radius 2 is 0.493 bits per heavy atom. The maximum atomic E-state index is 12.2. The Morgan fingerprint density at radius 1 is 0.273 bits per heavy atom. The first-order chi connectivity index (χ1) is 72.5. The summed E-state index contributed by atoms with van der Waals surface area (Å²) in [4.78, 5) is 20.4. The van der Waals surface area contributed by atoms with Gasteiger partial charge in [0.25, 0.3) is 5.69 Å². The number of rotatable bonds is 3. The number of primary amides is 1. The van der Waals surface area contributed by atoms with Gasteiger partial charge in [-0.1, -0.05) is 573 Å². The molecule has 1 amide bonds. The van der Waals surface area contributed by atoms with Crippen LogP contribution in [0.4, 0.5) is 54.0 Å². The molecule has 0 aliphatic carbocycles. The minimum Gasteiger partial charge on any atom is -0.497 e. The second kappa shape index (κ2) is 179. The molecule has 13 aromatic rings. The van der Waals surface area contributed by atoms with Crippen LogP contribution in [0.2, 0.25) is 5.02 Å². The maximum absolute atomic E-state index is 12.2. The first-order valence-electron chi connectivity index (χ1n) is 53.9. The van der Waals surface area contributed by atoms with E-state index in [1.807, 2.05) is 453 Å². The summed E-state index contributed by atoms with van der Waals surface area (Å²) in [5, 5.41) is 10.8. The number of non-ortho nitro benzene ring substituents is 1. The number of nitro groups is 1. The van der Waals surface area contributed by atoms with E-state index in [-0.39, 0.29) is 23.2 Å². The number of benzene rings is 13. The summed E-state index contributed by atoms with van der Waals surface area (Å²) in [7, 11) is 1.66. The molecule has 6 nitrogen and oxygen atoms in total. The average Bonchev–Trinajstić information content (AvgIpc) is 0.874. The minimum atomic E-state index is -4.21. The molecule has 0 spiro atoms. The summed E-state index contributed by atoms with van der Waals surface area (Å²) >= 11 is 8.85. The number of amides is 1. The first kappa shape index (κ1) is 193. The van der Waals surface area contributed by atoms with Crippen LogP contribution in [0.25, 0.3) is 0 Å². The fourth-order valence-corrected chi connectivity index (χ4v) is 7.54. The minimum absolute atomic E-state index is 0.137. The third kappa shape index (κ3) is 162. The highest BCUT2D eigenvalue weighted by atomic mass is 79.9. The molecule has 0 fully saturated rings. The molecular weight excluding hydrogens is 1990 g/mol. The number of methoxy groups -OCH3 is 1. The van der Waals surface area contributed by atoms with Gasteiger partial charge in [-0.25, -0.2) is 35.1 Å². The van der Waals surface area contributed by atoms with Gasteiger partial charge in [0, 0.05) is 33.3 Å². The SMILES string of the molecule is Brc1ccccc1.CC.CC.CC.CC.CC.CC.CC.CC.CC.CC.CC.CC.CC.CC.CC.CC.CC.CC.CC.CC.CC.CC.COc1ccccc1.Cc1ccc(C)c(C(N)=O)c1.Cc1ccc(C)cc1.Cc1cccc(F)c1.Cc1ccccc1.Clc1ccccc1.FC(F)(F)c1ccccc1.Fc1ccc(F)cc1.Fc1cccc(F)c1.Fc1ccccc1.Fc1ccccc1F.O=[N+]([O-])c1ccccc1. The van der Waals surface area contributed by atoms with Crippen LogP contribution in [0.5, 0.6) is 5.75 Å². The Kier molecular flexibility index (Phi) is 231. The monoisotopic (exact) mass is 2200 g/mol. The number of nitrogens with zero attached hydrogens (tertiary/aromatic N) is 1. The lowest BCUT2D eigenvalue weighted by Crippen LogP contribution is -2.12. The highest BCUT2D eigenvalue weighted by molar-refractivity contribution is 9.10. The Bertz CT molecular complexity index is 4050. The molecule has 0 radical (unpaired) electrons. The number of carbonyl (C=O) groups excluding carboxylic acids is 1. The summed E-state index contributed by atoms with van der Waals surface area (Å²) < 4.78 is 137.